The van der Waals surface area contributed by atoms with Crippen molar-refractivity contribution in [1.82, 2.24) is 5.32 Å². The number of benzene rings is 3. The third-order valence-corrected chi connectivity index (χ3v) is 5.97. The zero-order valence-electron chi connectivity index (χ0n) is 17.5. The number of carbonyl (C=O) groups excluding carboxylic acids is 2. The molecule has 0 aliphatic heterocycles. The van der Waals surface area contributed by atoms with Crippen molar-refractivity contribution < 1.29 is 22.4 Å². The standard InChI is InChI=1S/C23H22FN3O4S/c1-15-3-12-21(32(30,31)27-20-10-6-18(24)7-11-20)13-22(15)23(29)25-14-17-4-8-19(9-5-17)26-16(2)28/h3-13,27H,14H2,1-2H3,(H,25,29)(H,26,28). The lowest BCUT2D eigenvalue weighted by Crippen LogP contribution is -2.24. The molecule has 3 N–H and O–H groups in total. The van der Waals surface area contributed by atoms with Crippen molar-refractivity contribution in [2.45, 2.75) is 25.3 Å². The predicted molar refractivity (Wildman–Crippen MR) is 120 cm³/mol. The number of carbonyl (C=O) groups is 2. The van der Waals surface area contributed by atoms with Crippen LogP contribution < -0.4 is 15.4 Å². The molecule has 0 saturated heterocycles. The lowest BCUT2D eigenvalue weighted by atomic mass is 10.1. The van der Waals surface area contributed by atoms with E-state index in [4.69, 9.17) is 0 Å². The van der Waals surface area contributed by atoms with Gasteiger partial charge in [-0.05, 0) is 66.6 Å². The summed E-state index contributed by atoms with van der Waals surface area (Å²) < 4.78 is 40.8. The van der Waals surface area contributed by atoms with Crippen LogP contribution in [0.25, 0.3) is 0 Å². The van der Waals surface area contributed by atoms with Crippen LogP contribution in [0.4, 0.5) is 15.8 Å². The fraction of sp³-hybridized carbons (Fsp3) is 0.130. The Morgan fingerprint density at radius 1 is 0.906 bits per heavy atom. The second kappa shape index (κ2) is 9.61. The number of sulfonamides is 1. The average molecular weight is 456 g/mol. The normalized spacial score (nSPS) is 11.0. The molecule has 166 valence electrons. The van der Waals surface area contributed by atoms with E-state index in [2.05, 4.69) is 15.4 Å². The lowest BCUT2D eigenvalue weighted by Gasteiger charge is -2.12. The monoisotopic (exact) mass is 455 g/mol. The zero-order valence-corrected chi connectivity index (χ0v) is 18.3. The van der Waals surface area contributed by atoms with Gasteiger partial charge in [0.05, 0.1) is 4.90 Å². The summed E-state index contributed by atoms with van der Waals surface area (Å²) >= 11 is 0. The summed E-state index contributed by atoms with van der Waals surface area (Å²) in [4.78, 5) is 23.7. The van der Waals surface area contributed by atoms with Crippen LogP contribution in [0.5, 0.6) is 0 Å². The van der Waals surface area contributed by atoms with Crippen LogP contribution >= 0.6 is 0 Å². The Bertz CT molecular complexity index is 1240. The first kappa shape index (κ1) is 23.0. The van der Waals surface area contributed by atoms with E-state index in [1.165, 1.54) is 31.2 Å². The van der Waals surface area contributed by atoms with Gasteiger partial charge in [-0.3, -0.25) is 14.3 Å². The van der Waals surface area contributed by atoms with Gasteiger partial charge < -0.3 is 10.6 Å². The molecule has 0 saturated carbocycles. The fourth-order valence-corrected chi connectivity index (χ4v) is 4.02. The number of hydrogen-bond acceptors (Lipinski definition) is 4. The molecule has 3 aromatic rings. The highest BCUT2D eigenvalue weighted by atomic mass is 32.2. The summed E-state index contributed by atoms with van der Waals surface area (Å²) in [6.45, 7) is 3.35. The van der Waals surface area contributed by atoms with Gasteiger partial charge in [0.1, 0.15) is 5.82 Å². The molecular weight excluding hydrogens is 433 g/mol. The molecule has 0 aromatic heterocycles. The largest absolute Gasteiger partial charge is 0.348 e. The van der Waals surface area contributed by atoms with Crippen molar-refractivity contribution >= 4 is 33.2 Å². The first-order chi connectivity index (χ1) is 15.1. The highest BCUT2D eigenvalue weighted by Gasteiger charge is 2.18. The summed E-state index contributed by atoms with van der Waals surface area (Å²) in [6.07, 6.45) is 0. The van der Waals surface area contributed by atoms with Gasteiger partial charge in [-0.15, -0.1) is 0 Å². The van der Waals surface area contributed by atoms with Crippen molar-refractivity contribution in [3.8, 4) is 0 Å². The van der Waals surface area contributed by atoms with Crippen molar-refractivity contribution in [3.63, 3.8) is 0 Å². The molecule has 0 unspecified atom stereocenters. The summed E-state index contributed by atoms with van der Waals surface area (Å²) in [5.74, 6) is -1.08. The zero-order chi connectivity index (χ0) is 23.3. The van der Waals surface area contributed by atoms with Crippen LogP contribution in [-0.2, 0) is 21.4 Å². The van der Waals surface area contributed by atoms with E-state index >= 15 is 0 Å². The number of rotatable bonds is 7. The lowest BCUT2D eigenvalue weighted by molar-refractivity contribution is -0.114. The SMILES string of the molecule is CC(=O)Nc1ccc(CNC(=O)c2cc(S(=O)(=O)Nc3ccc(F)cc3)ccc2C)cc1. The second-order valence-electron chi connectivity index (χ2n) is 7.15. The number of nitrogens with one attached hydrogen (secondary N) is 3. The molecule has 3 rings (SSSR count). The van der Waals surface area contributed by atoms with Crippen molar-refractivity contribution in [3.05, 3.63) is 89.2 Å². The molecule has 0 aliphatic carbocycles. The van der Waals surface area contributed by atoms with Crippen molar-refractivity contribution in [2.75, 3.05) is 10.0 Å². The molecule has 0 fully saturated rings. The minimum atomic E-state index is -3.97. The van der Waals surface area contributed by atoms with E-state index in [1.54, 1.807) is 37.3 Å². The van der Waals surface area contributed by atoms with Gasteiger partial charge in [-0.1, -0.05) is 18.2 Å². The van der Waals surface area contributed by atoms with Gasteiger partial charge in [-0.2, -0.15) is 0 Å². The van der Waals surface area contributed by atoms with Crippen LogP contribution in [-0.4, -0.2) is 20.2 Å². The van der Waals surface area contributed by atoms with Gasteiger partial charge >= 0.3 is 0 Å². The molecule has 3 aromatic carbocycles. The Morgan fingerprint density at radius 3 is 2.16 bits per heavy atom. The van der Waals surface area contributed by atoms with Gasteiger partial charge in [-0.25, -0.2) is 12.8 Å². The number of hydrogen-bond donors (Lipinski definition) is 3. The van der Waals surface area contributed by atoms with Gasteiger partial charge in [0.2, 0.25) is 5.91 Å². The molecule has 7 nitrogen and oxygen atoms in total. The predicted octanol–water partition coefficient (Wildman–Crippen LogP) is 3.82. The van der Waals surface area contributed by atoms with Crippen molar-refractivity contribution in [1.29, 1.82) is 0 Å². The third-order valence-electron chi connectivity index (χ3n) is 4.59. The van der Waals surface area contributed by atoms with E-state index in [0.717, 1.165) is 17.7 Å². The molecule has 0 spiro atoms. The van der Waals surface area contributed by atoms with E-state index in [9.17, 15) is 22.4 Å². The maximum atomic E-state index is 13.1. The number of aryl methyl sites for hydroxylation is 1. The number of halogens is 1. The average Bonchev–Trinajstić information content (AvgIpc) is 2.74. The molecule has 0 aliphatic rings. The third kappa shape index (κ3) is 5.92. The Labute approximate surface area is 185 Å². The number of amides is 2. The maximum Gasteiger partial charge on any atom is 0.261 e. The highest BCUT2D eigenvalue weighted by molar-refractivity contribution is 7.92. The van der Waals surface area contributed by atoms with Crippen molar-refractivity contribution in [2.24, 2.45) is 0 Å². The molecule has 0 radical (unpaired) electrons. The quantitative estimate of drug-likeness (QED) is 0.504. The van der Waals surface area contributed by atoms with Crippen LogP contribution in [0.15, 0.2) is 71.6 Å². The van der Waals surface area contributed by atoms with E-state index in [-0.39, 0.29) is 28.6 Å². The van der Waals surface area contributed by atoms with E-state index in [1.807, 2.05) is 0 Å². The minimum absolute atomic E-state index is 0.0859. The van der Waals surface area contributed by atoms with Gasteiger partial charge in [0.25, 0.3) is 15.9 Å². The molecule has 0 bridgehead atoms. The molecular formula is C23H22FN3O4S. The number of anilines is 2. The molecule has 9 heteroatoms. The Morgan fingerprint density at radius 2 is 1.53 bits per heavy atom. The van der Waals surface area contributed by atoms with Crippen LogP contribution in [0.3, 0.4) is 0 Å². The topological polar surface area (TPSA) is 104 Å². The highest BCUT2D eigenvalue weighted by Crippen LogP contribution is 2.20. The summed E-state index contributed by atoms with van der Waals surface area (Å²) in [5.41, 5.74) is 2.51. The van der Waals surface area contributed by atoms with E-state index in [0.29, 0.717) is 11.3 Å². The molecule has 0 atom stereocenters. The first-order valence-corrected chi connectivity index (χ1v) is 11.2. The molecule has 0 heterocycles. The van der Waals surface area contributed by atoms with Crippen LogP contribution in [0, 0.1) is 12.7 Å². The van der Waals surface area contributed by atoms with E-state index < -0.39 is 21.7 Å². The van der Waals surface area contributed by atoms with Crippen LogP contribution in [0.2, 0.25) is 0 Å². The van der Waals surface area contributed by atoms with Gasteiger partial charge in [0.15, 0.2) is 0 Å². The second-order valence-corrected chi connectivity index (χ2v) is 8.83. The maximum absolute atomic E-state index is 13.1. The molecule has 32 heavy (non-hydrogen) atoms. The Kier molecular flexibility index (Phi) is 6.89. The Balaban J connectivity index is 1.72. The fourth-order valence-electron chi connectivity index (χ4n) is 2.93. The minimum Gasteiger partial charge on any atom is -0.348 e. The summed E-state index contributed by atoms with van der Waals surface area (Å²) in [7, 11) is -3.97. The molecule has 2 amide bonds. The van der Waals surface area contributed by atoms with Gasteiger partial charge in [0, 0.05) is 30.4 Å². The smallest absolute Gasteiger partial charge is 0.261 e. The first-order valence-electron chi connectivity index (χ1n) is 9.68. The Hall–Kier alpha value is -3.72. The summed E-state index contributed by atoms with van der Waals surface area (Å²) in [5, 5.41) is 5.43. The summed E-state index contributed by atoms with van der Waals surface area (Å²) in [6, 6.07) is 16.2. The van der Waals surface area contributed by atoms with Crippen LogP contribution in [0.1, 0.15) is 28.4 Å².